The number of thiocarbonyl (C=S) groups is 1. The minimum absolute atomic E-state index is 0.159. The first-order valence-electron chi connectivity index (χ1n) is 7.79. The van der Waals surface area contributed by atoms with E-state index < -0.39 is 0 Å². The van der Waals surface area contributed by atoms with E-state index in [1.54, 1.807) is 6.26 Å². The third kappa shape index (κ3) is 3.02. The van der Waals surface area contributed by atoms with Gasteiger partial charge in [0.25, 0.3) is 0 Å². The van der Waals surface area contributed by atoms with Crippen molar-refractivity contribution in [3.63, 3.8) is 0 Å². The first-order chi connectivity index (χ1) is 10.6. The number of rotatable bonds is 3. The van der Waals surface area contributed by atoms with Gasteiger partial charge in [-0.2, -0.15) is 0 Å². The molecule has 0 radical (unpaired) electrons. The van der Waals surface area contributed by atoms with Crippen LogP contribution in [-0.2, 0) is 5.54 Å². The molecule has 1 aliphatic carbocycles. The van der Waals surface area contributed by atoms with Crippen LogP contribution in [0.15, 0.2) is 41.0 Å². The van der Waals surface area contributed by atoms with Crippen molar-refractivity contribution in [2.24, 2.45) is 0 Å². The molecule has 1 saturated carbocycles. The standard InChI is InChI=1S/C18H22N2OS/c1-13-7-8-15(12-14(13)2)19-17(22)20-18(9-3-4-10-18)16-6-5-11-21-16/h5-8,11-12H,3-4,9-10H2,1-2H3,(H2,19,20,22). The molecule has 2 aromatic rings. The first kappa shape index (κ1) is 15.1. The van der Waals surface area contributed by atoms with Crippen LogP contribution in [0, 0.1) is 13.8 Å². The zero-order valence-electron chi connectivity index (χ0n) is 13.1. The highest BCUT2D eigenvalue weighted by atomic mass is 32.1. The molecule has 0 bridgehead atoms. The second kappa shape index (κ2) is 6.13. The molecule has 3 nitrogen and oxygen atoms in total. The Hall–Kier alpha value is -1.81. The van der Waals surface area contributed by atoms with Gasteiger partial charge >= 0.3 is 0 Å². The molecule has 116 valence electrons. The highest BCUT2D eigenvalue weighted by Crippen LogP contribution is 2.39. The highest BCUT2D eigenvalue weighted by Gasteiger charge is 2.38. The monoisotopic (exact) mass is 314 g/mol. The molecule has 4 heteroatoms. The average Bonchev–Trinajstić information content (AvgIpc) is 3.14. The zero-order valence-corrected chi connectivity index (χ0v) is 13.9. The third-order valence-electron chi connectivity index (χ3n) is 4.57. The van der Waals surface area contributed by atoms with Gasteiger partial charge in [0.1, 0.15) is 5.76 Å². The SMILES string of the molecule is Cc1ccc(NC(=S)NC2(c3ccco3)CCCC2)cc1C. The summed E-state index contributed by atoms with van der Waals surface area (Å²) in [7, 11) is 0. The molecule has 0 amide bonds. The van der Waals surface area contributed by atoms with Gasteiger partial charge in [-0.3, -0.25) is 0 Å². The summed E-state index contributed by atoms with van der Waals surface area (Å²) in [6.07, 6.45) is 6.22. The summed E-state index contributed by atoms with van der Waals surface area (Å²) >= 11 is 5.53. The van der Waals surface area contributed by atoms with Crippen molar-refractivity contribution in [1.82, 2.24) is 5.32 Å². The molecule has 2 N–H and O–H groups in total. The summed E-state index contributed by atoms with van der Waals surface area (Å²) < 4.78 is 5.66. The van der Waals surface area contributed by atoms with Crippen molar-refractivity contribution in [2.75, 3.05) is 5.32 Å². The molecule has 1 aromatic carbocycles. The smallest absolute Gasteiger partial charge is 0.171 e. The normalized spacial score (nSPS) is 16.5. The number of aryl methyl sites for hydroxylation is 2. The Bertz CT molecular complexity index is 658. The van der Waals surface area contributed by atoms with Crippen molar-refractivity contribution >= 4 is 23.0 Å². The molecular formula is C18H22N2OS. The van der Waals surface area contributed by atoms with E-state index in [1.165, 1.54) is 24.0 Å². The lowest BCUT2D eigenvalue weighted by atomic mass is 9.94. The molecule has 22 heavy (non-hydrogen) atoms. The molecule has 0 atom stereocenters. The van der Waals surface area contributed by atoms with Gasteiger partial charge in [-0.1, -0.05) is 18.9 Å². The van der Waals surface area contributed by atoms with Gasteiger partial charge in [0.05, 0.1) is 11.8 Å². The third-order valence-corrected chi connectivity index (χ3v) is 4.77. The summed E-state index contributed by atoms with van der Waals surface area (Å²) in [6, 6.07) is 10.3. The van der Waals surface area contributed by atoms with Crippen LogP contribution in [0.3, 0.4) is 0 Å². The molecule has 0 aliphatic heterocycles. The molecule has 0 unspecified atom stereocenters. The topological polar surface area (TPSA) is 37.2 Å². The number of hydrogen-bond donors (Lipinski definition) is 2. The Morgan fingerprint density at radius 2 is 1.91 bits per heavy atom. The second-order valence-corrected chi connectivity index (χ2v) is 6.55. The lowest BCUT2D eigenvalue weighted by molar-refractivity contribution is 0.317. The second-order valence-electron chi connectivity index (χ2n) is 6.14. The van der Waals surface area contributed by atoms with Crippen molar-refractivity contribution in [1.29, 1.82) is 0 Å². The van der Waals surface area contributed by atoms with E-state index in [-0.39, 0.29) is 5.54 Å². The number of hydrogen-bond acceptors (Lipinski definition) is 2. The van der Waals surface area contributed by atoms with Crippen LogP contribution in [0.25, 0.3) is 0 Å². The van der Waals surface area contributed by atoms with Crippen molar-refractivity contribution in [3.8, 4) is 0 Å². The molecule has 1 aliphatic rings. The summed E-state index contributed by atoms with van der Waals surface area (Å²) in [5.74, 6) is 0.981. The number of nitrogens with one attached hydrogen (secondary N) is 2. The summed E-state index contributed by atoms with van der Waals surface area (Å²) in [6.45, 7) is 4.22. The largest absolute Gasteiger partial charge is 0.467 e. The van der Waals surface area contributed by atoms with E-state index in [4.69, 9.17) is 16.6 Å². The maximum absolute atomic E-state index is 5.66. The van der Waals surface area contributed by atoms with Crippen molar-refractivity contribution < 1.29 is 4.42 Å². The average molecular weight is 314 g/mol. The molecule has 0 spiro atoms. The van der Waals surface area contributed by atoms with Gasteiger partial charge in [0.15, 0.2) is 5.11 Å². The summed E-state index contributed by atoms with van der Waals surface area (Å²) in [5, 5.41) is 7.46. The number of furan rings is 1. The highest BCUT2D eigenvalue weighted by molar-refractivity contribution is 7.80. The Labute approximate surface area is 137 Å². The molecular weight excluding hydrogens is 292 g/mol. The Kier molecular flexibility index (Phi) is 4.21. The number of anilines is 1. The Morgan fingerprint density at radius 3 is 2.55 bits per heavy atom. The van der Waals surface area contributed by atoms with Crippen LogP contribution in [0.1, 0.15) is 42.6 Å². The molecule has 1 heterocycles. The fourth-order valence-corrected chi connectivity index (χ4v) is 3.47. The van der Waals surface area contributed by atoms with Crippen molar-refractivity contribution in [3.05, 3.63) is 53.5 Å². The lowest BCUT2D eigenvalue weighted by Crippen LogP contribution is -2.45. The van der Waals surface area contributed by atoms with E-state index in [9.17, 15) is 0 Å². The summed E-state index contributed by atoms with van der Waals surface area (Å²) in [5.41, 5.74) is 3.41. The van der Waals surface area contributed by atoms with Crippen LogP contribution >= 0.6 is 12.2 Å². The maximum Gasteiger partial charge on any atom is 0.171 e. The van der Waals surface area contributed by atoms with Crippen LogP contribution in [-0.4, -0.2) is 5.11 Å². The summed E-state index contributed by atoms with van der Waals surface area (Å²) in [4.78, 5) is 0. The quantitative estimate of drug-likeness (QED) is 0.809. The Balaban J connectivity index is 1.73. The van der Waals surface area contributed by atoms with E-state index in [1.807, 2.05) is 12.1 Å². The fourth-order valence-electron chi connectivity index (χ4n) is 3.16. The molecule has 1 aromatic heterocycles. The minimum atomic E-state index is -0.159. The van der Waals surface area contributed by atoms with Gasteiger partial charge in [-0.15, -0.1) is 0 Å². The molecule has 0 saturated heterocycles. The van der Waals surface area contributed by atoms with Crippen LogP contribution < -0.4 is 10.6 Å². The van der Waals surface area contributed by atoms with E-state index in [2.05, 4.69) is 42.7 Å². The molecule has 3 rings (SSSR count). The van der Waals surface area contributed by atoms with E-state index in [0.29, 0.717) is 5.11 Å². The Morgan fingerprint density at radius 1 is 1.14 bits per heavy atom. The van der Waals surface area contributed by atoms with Gasteiger partial charge in [-0.05, 0) is 74.3 Å². The lowest BCUT2D eigenvalue weighted by Gasteiger charge is -2.29. The van der Waals surface area contributed by atoms with Crippen molar-refractivity contribution in [2.45, 2.75) is 45.1 Å². The number of benzene rings is 1. The van der Waals surface area contributed by atoms with Crippen LogP contribution in [0.2, 0.25) is 0 Å². The predicted molar refractivity (Wildman–Crippen MR) is 94.1 cm³/mol. The van der Waals surface area contributed by atoms with Crippen LogP contribution in [0.5, 0.6) is 0 Å². The van der Waals surface area contributed by atoms with E-state index >= 15 is 0 Å². The van der Waals surface area contributed by atoms with Gasteiger partial charge in [0, 0.05) is 5.69 Å². The minimum Gasteiger partial charge on any atom is -0.467 e. The van der Waals surface area contributed by atoms with Gasteiger partial charge in [0.2, 0.25) is 0 Å². The predicted octanol–water partition coefficient (Wildman–Crippen LogP) is 4.65. The van der Waals surface area contributed by atoms with E-state index in [0.717, 1.165) is 24.3 Å². The van der Waals surface area contributed by atoms with Gasteiger partial charge < -0.3 is 15.1 Å². The fraction of sp³-hybridized carbons (Fsp3) is 0.389. The maximum atomic E-state index is 5.66. The zero-order chi connectivity index (χ0) is 15.6. The first-order valence-corrected chi connectivity index (χ1v) is 8.20. The molecule has 1 fully saturated rings. The van der Waals surface area contributed by atoms with Crippen LogP contribution in [0.4, 0.5) is 5.69 Å². The van der Waals surface area contributed by atoms with Gasteiger partial charge in [-0.25, -0.2) is 0 Å².